The molecule has 0 aromatic carbocycles. The van der Waals surface area contributed by atoms with Gasteiger partial charge in [-0.1, -0.05) is 19.9 Å². The summed E-state index contributed by atoms with van der Waals surface area (Å²) >= 11 is 0. The summed E-state index contributed by atoms with van der Waals surface area (Å²) in [6, 6.07) is 6.83. The number of aryl methyl sites for hydroxylation is 1. The van der Waals surface area contributed by atoms with Crippen LogP contribution >= 0.6 is 0 Å². The number of fused-ring (bicyclic) bond motifs is 1. The number of hydrogen-bond acceptors (Lipinski definition) is 2. The predicted octanol–water partition coefficient (Wildman–Crippen LogP) is 3.17. The second kappa shape index (κ2) is 4.97. The maximum atomic E-state index is 4.62. The summed E-state index contributed by atoms with van der Waals surface area (Å²) in [7, 11) is 0. The third-order valence-electron chi connectivity index (χ3n) is 4.83. The van der Waals surface area contributed by atoms with Gasteiger partial charge in [0.2, 0.25) is 0 Å². The van der Waals surface area contributed by atoms with Crippen LogP contribution in [0.15, 0.2) is 24.4 Å². The van der Waals surface area contributed by atoms with Gasteiger partial charge in [0.25, 0.3) is 0 Å². The van der Waals surface area contributed by atoms with E-state index >= 15 is 0 Å². The largest absolute Gasteiger partial charge is 0.308 e. The van der Waals surface area contributed by atoms with E-state index in [0.29, 0.717) is 6.04 Å². The lowest BCUT2D eigenvalue weighted by molar-refractivity contribution is 0.368. The van der Waals surface area contributed by atoms with Crippen LogP contribution in [0.1, 0.15) is 38.1 Å². The van der Waals surface area contributed by atoms with Crippen molar-refractivity contribution in [2.24, 2.45) is 11.8 Å². The molecule has 0 spiro atoms. The minimum atomic E-state index is 0.656. The van der Waals surface area contributed by atoms with E-state index in [1.54, 1.807) is 0 Å². The molecule has 2 aromatic heterocycles. The highest BCUT2D eigenvalue weighted by Crippen LogP contribution is 2.31. The number of nitrogens with one attached hydrogen (secondary N) is 1. The third kappa shape index (κ3) is 2.27. The second-order valence-corrected chi connectivity index (χ2v) is 5.97. The van der Waals surface area contributed by atoms with Crippen molar-refractivity contribution in [3.8, 4) is 0 Å². The molecule has 1 fully saturated rings. The van der Waals surface area contributed by atoms with Crippen molar-refractivity contribution >= 4 is 5.65 Å². The fraction of sp³-hybridized carbons (Fsp3) is 0.562. The molecular weight excluding hydrogens is 234 g/mol. The topological polar surface area (TPSA) is 29.3 Å². The summed E-state index contributed by atoms with van der Waals surface area (Å²) in [5.41, 5.74) is 3.48. The first kappa shape index (κ1) is 12.7. The molecule has 2 heterocycles. The first-order valence-corrected chi connectivity index (χ1v) is 7.32. The van der Waals surface area contributed by atoms with Crippen molar-refractivity contribution in [1.29, 1.82) is 0 Å². The molecule has 3 atom stereocenters. The Morgan fingerprint density at radius 3 is 2.89 bits per heavy atom. The molecule has 0 amide bonds. The zero-order chi connectivity index (χ0) is 13.4. The van der Waals surface area contributed by atoms with Gasteiger partial charge in [0, 0.05) is 18.8 Å². The second-order valence-electron chi connectivity index (χ2n) is 5.97. The molecule has 3 rings (SSSR count). The molecule has 0 bridgehead atoms. The first-order valence-electron chi connectivity index (χ1n) is 7.32. The van der Waals surface area contributed by atoms with Crippen LogP contribution in [0.3, 0.4) is 0 Å². The monoisotopic (exact) mass is 257 g/mol. The maximum absolute atomic E-state index is 4.62. The van der Waals surface area contributed by atoms with E-state index in [1.165, 1.54) is 18.5 Å². The molecule has 3 unspecified atom stereocenters. The molecule has 0 saturated heterocycles. The number of pyridine rings is 1. The maximum Gasteiger partial charge on any atom is 0.137 e. The first-order chi connectivity index (χ1) is 9.16. The van der Waals surface area contributed by atoms with Crippen molar-refractivity contribution in [3.63, 3.8) is 0 Å². The average molecular weight is 257 g/mol. The Morgan fingerprint density at radius 2 is 2.16 bits per heavy atom. The standard InChI is InChI=1S/C16H23N3/c1-11-7-8-14(12(11)2)17-10-15-13(3)18-16-6-4-5-9-19(15)16/h4-6,9,11-12,14,17H,7-8,10H2,1-3H3. The smallest absolute Gasteiger partial charge is 0.137 e. The lowest BCUT2D eigenvalue weighted by Crippen LogP contribution is -2.32. The normalized spacial score (nSPS) is 27.2. The van der Waals surface area contributed by atoms with Crippen molar-refractivity contribution in [2.75, 3.05) is 0 Å². The van der Waals surface area contributed by atoms with E-state index in [9.17, 15) is 0 Å². The van der Waals surface area contributed by atoms with Crippen LogP contribution in [0, 0.1) is 18.8 Å². The van der Waals surface area contributed by atoms with Gasteiger partial charge in [-0.3, -0.25) is 0 Å². The molecule has 3 heteroatoms. The molecule has 1 saturated carbocycles. The average Bonchev–Trinajstić information content (AvgIpc) is 2.89. The Morgan fingerprint density at radius 1 is 1.32 bits per heavy atom. The molecule has 1 aliphatic rings. The Hall–Kier alpha value is -1.35. The number of imidazole rings is 1. The van der Waals surface area contributed by atoms with Crippen LogP contribution in [-0.2, 0) is 6.54 Å². The molecule has 2 aromatic rings. The van der Waals surface area contributed by atoms with Crippen LogP contribution in [0.25, 0.3) is 5.65 Å². The highest BCUT2D eigenvalue weighted by Gasteiger charge is 2.29. The van der Waals surface area contributed by atoms with Crippen LogP contribution in [0.5, 0.6) is 0 Å². The number of nitrogens with zero attached hydrogens (tertiary/aromatic N) is 2. The summed E-state index contributed by atoms with van der Waals surface area (Å²) in [6.07, 6.45) is 4.76. The number of hydrogen-bond donors (Lipinski definition) is 1. The summed E-state index contributed by atoms with van der Waals surface area (Å²) in [6.45, 7) is 7.76. The molecule has 3 nitrogen and oxygen atoms in total. The zero-order valence-electron chi connectivity index (χ0n) is 12.1. The van der Waals surface area contributed by atoms with Gasteiger partial charge in [-0.05, 0) is 43.7 Å². The Bertz CT molecular complexity index is 572. The summed E-state index contributed by atoms with van der Waals surface area (Å²) in [5.74, 6) is 1.63. The van der Waals surface area contributed by atoms with Gasteiger partial charge in [-0.25, -0.2) is 4.98 Å². The summed E-state index contributed by atoms with van der Waals surface area (Å²) in [4.78, 5) is 4.62. The summed E-state index contributed by atoms with van der Waals surface area (Å²) < 4.78 is 2.20. The lowest BCUT2D eigenvalue weighted by atomic mass is 9.98. The van der Waals surface area contributed by atoms with Crippen molar-refractivity contribution in [2.45, 2.75) is 46.2 Å². The Balaban J connectivity index is 1.77. The van der Waals surface area contributed by atoms with E-state index in [0.717, 1.165) is 29.7 Å². The molecule has 1 N–H and O–H groups in total. The highest BCUT2D eigenvalue weighted by atomic mass is 15.1. The van der Waals surface area contributed by atoms with Gasteiger partial charge in [0.05, 0.1) is 11.4 Å². The van der Waals surface area contributed by atoms with Crippen LogP contribution in [0.2, 0.25) is 0 Å². The van der Waals surface area contributed by atoms with E-state index in [2.05, 4.69) is 53.8 Å². The van der Waals surface area contributed by atoms with Crippen LogP contribution < -0.4 is 5.32 Å². The molecule has 0 radical (unpaired) electrons. The highest BCUT2D eigenvalue weighted by molar-refractivity contribution is 5.42. The van der Waals surface area contributed by atoms with Gasteiger partial charge in [0.15, 0.2) is 0 Å². The van der Waals surface area contributed by atoms with E-state index in [-0.39, 0.29) is 0 Å². The third-order valence-corrected chi connectivity index (χ3v) is 4.83. The van der Waals surface area contributed by atoms with Gasteiger partial charge >= 0.3 is 0 Å². The van der Waals surface area contributed by atoms with Gasteiger partial charge in [-0.2, -0.15) is 0 Å². The SMILES string of the molecule is Cc1nc2ccccn2c1CNC1CCC(C)C1C. The molecule has 102 valence electrons. The molecule has 19 heavy (non-hydrogen) atoms. The fourth-order valence-electron chi connectivity index (χ4n) is 3.26. The Kier molecular flexibility index (Phi) is 3.31. The zero-order valence-corrected chi connectivity index (χ0v) is 12.1. The number of rotatable bonds is 3. The fourth-order valence-corrected chi connectivity index (χ4v) is 3.26. The van der Waals surface area contributed by atoms with E-state index in [4.69, 9.17) is 0 Å². The molecule has 1 aliphatic carbocycles. The van der Waals surface area contributed by atoms with E-state index in [1.807, 2.05) is 6.07 Å². The molecule has 0 aliphatic heterocycles. The van der Waals surface area contributed by atoms with Crippen molar-refractivity contribution < 1.29 is 0 Å². The van der Waals surface area contributed by atoms with Crippen molar-refractivity contribution in [1.82, 2.24) is 14.7 Å². The quantitative estimate of drug-likeness (QED) is 0.915. The number of aromatic nitrogens is 2. The van der Waals surface area contributed by atoms with Gasteiger partial charge in [0.1, 0.15) is 5.65 Å². The van der Waals surface area contributed by atoms with E-state index < -0.39 is 0 Å². The lowest BCUT2D eigenvalue weighted by Gasteiger charge is -2.19. The Labute approximate surface area is 115 Å². The minimum Gasteiger partial charge on any atom is -0.308 e. The van der Waals surface area contributed by atoms with Gasteiger partial charge in [-0.15, -0.1) is 0 Å². The predicted molar refractivity (Wildman–Crippen MR) is 78.1 cm³/mol. The van der Waals surface area contributed by atoms with Crippen LogP contribution in [0.4, 0.5) is 0 Å². The van der Waals surface area contributed by atoms with Crippen molar-refractivity contribution in [3.05, 3.63) is 35.8 Å². The summed E-state index contributed by atoms with van der Waals surface area (Å²) in [5, 5.41) is 3.74. The van der Waals surface area contributed by atoms with Crippen LogP contribution in [-0.4, -0.2) is 15.4 Å². The van der Waals surface area contributed by atoms with Gasteiger partial charge < -0.3 is 9.72 Å². The minimum absolute atomic E-state index is 0.656. The molecular formula is C16H23N3.